The normalized spacial score (nSPS) is 14.9. The van der Waals surface area contributed by atoms with Crippen LogP contribution < -0.4 is 0 Å². The monoisotopic (exact) mass is 1110 g/mol. The number of hydrogen-bond acceptors (Lipinski definition) is 6. The van der Waals surface area contributed by atoms with Crippen LogP contribution in [0.2, 0.25) is 0 Å². The third-order valence-electron chi connectivity index (χ3n) is 12.6. The van der Waals surface area contributed by atoms with Gasteiger partial charge in [-0.25, -0.2) is 0 Å². The molecule has 3 unspecified atom stereocenters. The van der Waals surface area contributed by atoms with Crippen LogP contribution in [0.15, 0.2) is 219 Å². The Bertz CT molecular complexity index is 2000. The van der Waals surface area contributed by atoms with Crippen molar-refractivity contribution < 1.29 is 28.6 Å². The molecule has 0 aliphatic carbocycles. The van der Waals surface area contributed by atoms with Gasteiger partial charge in [0.05, 0.1) is 17.8 Å². The molecule has 0 aromatic carbocycles. The van der Waals surface area contributed by atoms with Gasteiger partial charge in [0.1, 0.15) is 13.2 Å². The molecule has 0 aromatic rings. The molecular weight excluding hydrogens is 997 g/mol. The molecule has 0 aliphatic heterocycles. The Balaban J connectivity index is 5.36. The molecule has 3 atom stereocenters. The number of rotatable bonds is 50. The van der Waals surface area contributed by atoms with Crippen LogP contribution in [0.3, 0.4) is 0 Å². The molecule has 0 saturated heterocycles. The summed E-state index contributed by atoms with van der Waals surface area (Å²) in [7, 11) is 0. The van der Waals surface area contributed by atoms with Gasteiger partial charge in [-0.2, -0.15) is 0 Å². The summed E-state index contributed by atoms with van der Waals surface area (Å²) in [6.07, 6.45) is 97.0. The summed E-state index contributed by atoms with van der Waals surface area (Å²) in [6.45, 7) is 11.9. The quantitative estimate of drug-likeness (QED) is 0.0343. The molecule has 0 aromatic heterocycles. The topological polar surface area (TPSA) is 78.9 Å². The minimum atomic E-state index is -0.934. The van der Waals surface area contributed by atoms with Crippen molar-refractivity contribution in [2.75, 3.05) is 13.2 Å². The number of esters is 3. The van der Waals surface area contributed by atoms with Crippen LogP contribution in [0, 0.1) is 17.8 Å². The van der Waals surface area contributed by atoms with Crippen LogP contribution in [0.1, 0.15) is 196 Å². The Hall–Kier alpha value is -6.27. The first kappa shape index (κ1) is 74.7. The van der Waals surface area contributed by atoms with Gasteiger partial charge in [0, 0.05) is 0 Å². The Morgan fingerprint density at radius 2 is 0.420 bits per heavy atom. The maximum atomic E-state index is 13.6. The molecule has 0 fully saturated rings. The van der Waals surface area contributed by atoms with E-state index in [0.717, 1.165) is 116 Å². The predicted molar refractivity (Wildman–Crippen MR) is 352 cm³/mol. The maximum absolute atomic E-state index is 13.6. The van der Waals surface area contributed by atoms with Crippen molar-refractivity contribution in [1.29, 1.82) is 0 Å². The predicted octanol–water partition coefficient (Wildman–Crippen LogP) is 21.3. The Kier molecular flexibility index (Phi) is 56.6. The summed E-state index contributed by atoms with van der Waals surface area (Å²) >= 11 is 0. The van der Waals surface area contributed by atoms with Crippen LogP contribution in [-0.4, -0.2) is 37.2 Å². The van der Waals surface area contributed by atoms with Crippen molar-refractivity contribution in [1.82, 2.24) is 0 Å². The van der Waals surface area contributed by atoms with Gasteiger partial charge in [0.2, 0.25) is 0 Å². The van der Waals surface area contributed by atoms with Crippen molar-refractivity contribution in [3.63, 3.8) is 0 Å². The molecule has 0 bridgehead atoms. The lowest BCUT2D eigenvalue weighted by Gasteiger charge is -2.22. The molecule has 0 amide bonds. The van der Waals surface area contributed by atoms with Crippen LogP contribution in [0.5, 0.6) is 0 Å². The minimum absolute atomic E-state index is 0.196. The van der Waals surface area contributed by atoms with E-state index in [1.807, 2.05) is 39.0 Å². The Labute approximate surface area is 495 Å². The zero-order valence-corrected chi connectivity index (χ0v) is 51.4. The first-order valence-corrected chi connectivity index (χ1v) is 31.1. The van der Waals surface area contributed by atoms with Crippen LogP contribution >= 0.6 is 0 Å². The largest absolute Gasteiger partial charge is 0.461 e. The number of ether oxygens (including phenoxy) is 3. The zero-order chi connectivity index (χ0) is 59.0. The third-order valence-corrected chi connectivity index (χ3v) is 12.6. The van der Waals surface area contributed by atoms with Gasteiger partial charge in [-0.1, -0.05) is 260 Å². The van der Waals surface area contributed by atoms with Crippen LogP contribution in [0.25, 0.3) is 0 Å². The Morgan fingerprint density at radius 3 is 0.605 bits per heavy atom. The first-order chi connectivity index (χ1) is 39.9. The smallest absolute Gasteiger partial charge is 0.309 e. The van der Waals surface area contributed by atoms with Crippen molar-refractivity contribution in [3.05, 3.63) is 219 Å². The number of hydrogen-bond donors (Lipinski definition) is 0. The summed E-state index contributed by atoms with van der Waals surface area (Å²) < 4.78 is 17.6. The fourth-order valence-corrected chi connectivity index (χ4v) is 7.60. The summed E-state index contributed by atoms with van der Waals surface area (Å²) in [6, 6.07) is 0. The lowest BCUT2D eigenvalue weighted by atomic mass is 10.0. The average Bonchev–Trinajstić information content (AvgIpc) is 3.47. The minimum Gasteiger partial charge on any atom is -0.461 e. The van der Waals surface area contributed by atoms with E-state index in [1.165, 1.54) is 0 Å². The summed E-state index contributed by atoms with van der Waals surface area (Å²) in [5, 5.41) is 0. The summed E-state index contributed by atoms with van der Waals surface area (Å²) in [4.78, 5) is 40.5. The van der Waals surface area contributed by atoms with E-state index in [-0.39, 0.29) is 37.0 Å². The SMILES string of the molecule is CCC=CCC=CCC=CCC=CCC=CCC=CCC(CC)C(=O)OCC(COC(=O)C(CC)CC=CCC=CCC=CCC=CCC=CCC=CCC)OC(=O)C(CC)CC=CCC=CCC=CCC=CCC=CCC=CCC. The average molecular weight is 1110 g/mol. The molecule has 0 heterocycles. The molecule has 81 heavy (non-hydrogen) atoms. The second kappa shape index (κ2) is 61.4. The standard InChI is InChI=1S/C75H110O6/c1-7-13-16-19-22-25-28-31-34-37-40-43-46-49-52-55-58-61-64-69(10-4)73(76)79-67-72(81-75(78)71(12-6)66-63-60-57-54-51-48-45-42-39-36-33-30-27-24-21-18-15-9-3)68-80-74(77)70(11-5)65-62-59-56-53-50-47-44-41-38-35-32-29-26-23-20-17-14-8-2/h13-18,22-27,31-36,40-45,49-54,58-63,69-72H,7-12,19-21,28-30,37-39,46-48,55-57,64-68H2,1-6H3. The first-order valence-electron chi connectivity index (χ1n) is 31.1. The van der Waals surface area contributed by atoms with E-state index in [9.17, 15) is 14.4 Å². The molecule has 0 N–H and O–H groups in total. The van der Waals surface area contributed by atoms with Crippen molar-refractivity contribution in [2.24, 2.45) is 17.8 Å². The van der Waals surface area contributed by atoms with Crippen molar-refractivity contribution in [2.45, 2.75) is 202 Å². The molecule has 446 valence electrons. The van der Waals surface area contributed by atoms with Gasteiger partial charge in [-0.3, -0.25) is 14.4 Å². The molecule has 0 radical (unpaired) electrons. The van der Waals surface area contributed by atoms with E-state index in [2.05, 4.69) is 221 Å². The fourth-order valence-electron chi connectivity index (χ4n) is 7.60. The van der Waals surface area contributed by atoms with Gasteiger partial charge < -0.3 is 14.2 Å². The molecule has 0 spiro atoms. The molecule has 6 heteroatoms. The molecule has 0 aliphatic rings. The highest BCUT2D eigenvalue weighted by molar-refractivity contribution is 5.74. The highest BCUT2D eigenvalue weighted by Gasteiger charge is 2.27. The number of carbonyl (C=O) groups excluding carboxylic acids is 3. The van der Waals surface area contributed by atoms with Crippen LogP contribution in [0.4, 0.5) is 0 Å². The summed E-state index contributed by atoms with van der Waals surface area (Å²) in [5.41, 5.74) is 0. The van der Waals surface area contributed by atoms with Gasteiger partial charge in [-0.05, 0) is 154 Å². The second-order valence-electron chi connectivity index (χ2n) is 19.6. The van der Waals surface area contributed by atoms with Gasteiger partial charge in [0.25, 0.3) is 0 Å². The van der Waals surface area contributed by atoms with Gasteiger partial charge in [0.15, 0.2) is 6.10 Å². The van der Waals surface area contributed by atoms with Crippen molar-refractivity contribution >= 4 is 17.9 Å². The van der Waals surface area contributed by atoms with E-state index in [1.54, 1.807) is 0 Å². The van der Waals surface area contributed by atoms with Gasteiger partial charge in [-0.15, -0.1) is 0 Å². The lowest BCUT2D eigenvalue weighted by Crippen LogP contribution is -2.34. The highest BCUT2D eigenvalue weighted by atomic mass is 16.6. The van der Waals surface area contributed by atoms with E-state index < -0.39 is 18.0 Å². The van der Waals surface area contributed by atoms with E-state index >= 15 is 0 Å². The van der Waals surface area contributed by atoms with E-state index in [4.69, 9.17) is 14.2 Å². The third kappa shape index (κ3) is 51.6. The molecule has 6 nitrogen and oxygen atoms in total. The Morgan fingerprint density at radius 1 is 0.247 bits per heavy atom. The van der Waals surface area contributed by atoms with E-state index in [0.29, 0.717) is 38.5 Å². The summed E-state index contributed by atoms with van der Waals surface area (Å²) in [5.74, 6) is -2.22. The van der Waals surface area contributed by atoms with Gasteiger partial charge >= 0.3 is 17.9 Å². The molecule has 0 saturated carbocycles. The van der Waals surface area contributed by atoms with Crippen molar-refractivity contribution in [3.8, 4) is 0 Å². The molecular formula is C75H110O6. The number of carbonyl (C=O) groups is 3. The molecule has 0 rings (SSSR count). The maximum Gasteiger partial charge on any atom is 0.309 e. The second-order valence-corrected chi connectivity index (χ2v) is 19.6. The fraction of sp³-hybridized carbons (Fsp3) is 0.480. The zero-order valence-electron chi connectivity index (χ0n) is 51.4. The number of allylic oxidation sites excluding steroid dienone is 36. The van der Waals surface area contributed by atoms with Crippen LogP contribution in [-0.2, 0) is 28.6 Å². The lowest BCUT2D eigenvalue weighted by molar-refractivity contribution is -0.172. The highest BCUT2D eigenvalue weighted by Crippen LogP contribution is 2.18.